The predicted molar refractivity (Wildman–Crippen MR) is 112 cm³/mol. The van der Waals surface area contributed by atoms with Crippen molar-refractivity contribution in [2.45, 2.75) is 18.7 Å². The van der Waals surface area contributed by atoms with E-state index in [4.69, 9.17) is 21.7 Å². The van der Waals surface area contributed by atoms with Gasteiger partial charge in [0.1, 0.15) is 17.4 Å². The number of hydrogen-bond acceptors (Lipinski definition) is 4. The lowest BCUT2D eigenvalue weighted by Gasteiger charge is -2.56. The molecule has 28 heavy (non-hydrogen) atoms. The largest absolute Gasteiger partial charge is 0.497 e. The van der Waals surface area contributed by atoms with E-state index in [-0.39, 0.29) is 11.9 Å². The number of carbonyl (C=O) groups is 1. The van der Waals surface area contributed by atoms with Crippen LogP contribution < -0.4 is 19.7 Å². The van der Waals surface area contributed by atoms with Gasteiger partial charge in [0, 0.05) is 25.3 Å². The monoisotopic (exact) mass is 397 g/mol. The lowest BCUT2D eigenvalue weighted by atomic mass is 9.78. The Balaban J connectivity index is 1.91. The highest BCUT2D eigenvalue weighted by molar-refractivity contribution is 7.80. The Morgan fingerprint density at radius 1 is 1.25 bits per heavy atom. The number of anilines is 1. The third-order valence-electron chi connectivity index (χ3n) is 5.43. The first-order chi connectivity index (χ1) is 13.4. The molecule has 0 saturated carbocycles. The molecule has 7 heteroatoms. The summed E-state index contributed by atoms with van der Waals surface area (Å²) in [6, 6.07) is 15.1. The molecule has 2 aliphatic rings. The van der Waals surface area contributed by atoms with E-state index in [0.717, 1.165) is 11.3 Å². The second kappa shape index (κ2) is 6.67. The molecule has 0 aliphatic carbocycles. The van der Waals surface area contributed by atoms with E-state index < -0.39 is 11.6 Å². The second-order valence-electron chi connectivity index (χ2n) is 7.37. The van der Waals surface area contributed by atoms with Gasteiger partial charge in [0.2, 0.25) is 5.91 Å². The molecule has 6 nitrogen and oxygen atoms in total. The summed E-state index contributed by atoms with van der Waals surface area (Å²) in [6.45, 7) is 1.93. The number of benzene rings is 2. The highest BCUT2D eigenvalue weighted by Gasteiger charge is 2.59. The number of rotatable bonds is 3. The topological polar surface area (TPSA) is 54.0 Å². The van der Waals surface area contributed by atoms with Crippen LogP contribution in [0.5, 0.6) is 11.5 Å². The van der Waals surface area contributed by atoms with Crippen LogP contribution in [0.25, 0.3) is 0 Å². The van der Waals surface area contributed by atoms with Crippen molar-refractivity contribution < 1.29 is 14.3 Å². The normalized spacial score (nSPS) is 25.3. The summed E-state index contributed by atoms with van der Waals surface area (Å²) >= 11 is 5.71. The second-order valence-corrected chi connectivity index (χ2v) is 7.76. The molecule has 0 radical (unpaired) electrons. The Morgan fingerprint density at radius 3 is 2.61 bits per heavy atom. The van der Waals surface area contributed by atoms with E-state index in [2.05, 4.69) is 5.32 Å². The first-order valence-corrected chi connectivity index (χ1v) is 9.51. The number of para-hydroxylation sites is 1. The smallest absolute Gasteiger partial charge is 0.233 e. The number of nitrogens with one attached hydrogen (secondary N) is 1. The first-order valence-electron chi connectivity index (χ1n) is 9.10. The molecule has 0 spiro atoms. The standard InChI is InChI=1S/C21H23N3O3S/c1-21-17(19(25)23(2)3)18(15-12-14(26-4)10-11-16(15)27-21)22-20(28)24(21)13-8-6-5-7-9-13/h5-12,17-18H,1-4H3,(H,22,28)/t17-,18-,21-/m0/s1. The van der Waals surface area contributed by atoms with Gasteiger partial charge >= 0.3 is 0 Å². The summed E-state index contributed by atoms with van der Waals surface area (Å²) < 4.78 is 11.9. The van der Waals surface area contributed by atoms with Crippen molar-refractivity contribution in [2.75, 3.05) is 26.1 Å². The molecule has 1 N–H and O–H groups in total. The molecule has 1 amide bonds. The quantitative estimate of drug-likeness (QED) is 0.804. The lowest BCUT2D eigenvalue weighted by Crippen LogP contribution is -2.72. The van der Waals surface area contributed by atoms with Crippen LogP contribution in [0.15, 0.2) is 48.5 Å². The summed E-state index contributed by atoms with van der Waals surface area (Å²) in [6.07, 6.45) is 0. The summed E-state index contributed by atoms with van der Waals surface area (Å²) in [4.78, 5) is 16.8. The van der Waals surface area contributed by atoms with Crippen LogP contribution in [-0.2, 0) is 4.79 Å². The van der Waals surface area contributed by atoms with Crippen molar-refractivity contribution in [3.8, 4) is 11.5 Å². The zero-order chi connectivity index (χ0) is 20.1. The molecule has 4 rings (SSSR count). The average molecular weight is 398 g/mol. The van der Waals surface area contributed by atoms with Crippen LogP contribution in [-0.4, -0.2) is 42.8 Å². The van der Waals surface area contributed by atoms with E-state index in [1.54, 1.807) is 26.1 Å². The maximum Gasteiger partial charge on any atom is 0.233 e. The van der Waals surface area contributed by atoms with Gasteiger partial charge in [0.15, 0.2) is 10.8 Å². The third-order valence-corrected chi connectivity index (χ3v) is 5.73. The Labute approximate surface area is 170 Å². The zero-order valence-corrected chi connectivity index (χ0v) is 17.1. The molecule has 1 saturated heterocycles. The van der Waals surface area contributed by atoms with Gasteiger partial charge in [-0.3, -0.25) is 9.69 Å². The van der Waals surface area contributed by atoms with E-state index >= 15 is 0 Å². The van der Waals surface area contributed by atoms with E-state index in [9.17, 15) is 4.79 Å². The van der Waals surface area contributed by atoms with Crippen molar-refractivity contribution in [2.24, 2.45) is 5.92 Å². The molecule has 146 valence electrons. The van der Waals surface area contributed by atoms with Crippen LogP contribution in [0.3, 0.4) is 0 Å². The predicted octanol–water partition coefficient (Wildman–Crippen LogP) is 2.94. The molecular weight excluding hydrogens is 374 g/mol. The Hall–Kier alpha value is -2.80. The van der Waals surface area contributed by atoms with Gasteiger partial charge in [-0.1, -0.05) is 18.2 Å². The van der Waals surface area contributed by atoms with E-state index in [0.29, 0.717) is 16.6 Å². The maximum absolute atomic E-state index is 13.3. The highest BCUT2D eigenvalue weighted by Crippen LogP contribution is 2.50. The Bertz CT molecular complexity index is 934. The van der Waals surface area contributed by atoms with Crippen molar-refractivity contribution in [3.05, 3.63) is 54.1 Å². The van der Waals surface area contributed by atoms with Crippen molar-refractivity contribution in [1.29, 1.82) is 0 Å². The molecule has 2 aromatic rings. The van der Waals surface area contributed by atoms with Gasteiger partial charge in [0.25, 0.3) is 0 Å². The fourth-order valence-electron chi connectivity index (χ4n) is 4.11. The summed E-state index contributed by atoms with van der Waals surface area (Å²) in [7, 11) is 5.13. The fourth-order valence-corrected chi connectivity index (χ4v) is 4.52. The number of amides is 1. The summed E-state index contributed by atoms with van der Waals surface area (Å²) in [5, 5.41) is 3.91. The molecule has 0 aromatic heterocycles. The number of ether oxygens (including phenoxy) is 2. The van der Waals surface area contributed by atoms with Gasteiger partial charge in [-0.15, -0.1) is 0 Å². The number of fused-ring (bicyclic) bond motifs is 4. The molecule has 1 fully saturated rings. The number of nitrogens with zero attached hydrogens (tertiary/aromatic N) is 2. The molecule has 2 heterocycles. The molecule has 0 unspecified atom stereocenters. The van der Waals surface area contributed by atoms with Crippen molar-refractivity contribution >= 4 is 28.9 Å². The van der Waals surface area contributed by atoms with Crippen LogP contribution >= 0.6 is 12.2 Å². The van der Waals surface area contributed by atoms with Gasteiger partial charge in [-0.2, -0.15) is 0 Å². The molecule has 2 aliphatic heterocycles. The number of hydrogen-bond donors (Lipinski definition) is 1. The third kappa shape index (κ3) is 2.69. The molecular formula is C21H23N3O3S. The maximum atomic E-state index is 13.3. The number of carbonyl (C=O) groups excluding carboxylic acids is 1. The SMILES string of the molecule is COc1ccc2c(c1)[C@@H]1NC(=S)N(c3ccccc3)[C@@](C)(O2)[C@@H]1C(=O)N(C)C. The number of methoxy groups -OCH3 is 1. The molecule has 2 aromatic carbocycles. The summed E-state index contributed by atoms with van der Waals surface area (Å²) in [5.74, 6) is 0.887. The number of thiocarbonyl (C=S) groups is 1. The molecule has 3 atom stereocenters. The van der Waals surface area contributed by atoms with Crippen molar-refractivity contribution in [3.63, 3.8) is 0 Å². The first kappa shape index (κ1) is 18.6. The zero-order valence-electron chi connectivity index (χ0n) is 16.3. The summed E-state index contributed by atoms with van der Waals surface area (Å²) in [5.41, 5.74) is 0.763. The van der Waals surface area contributed by atoms with Gasteiger partial charge in [-0.25, -0.2) is 0 Å². The van der Waals surface area contributed by atoms with Crippen LogP contribution in [0.2, 0.25) is 0 Å². The van der Waals surface area contributed by atoms with Gasteiger partial charge in [0.05, 0.1) is 13.2 Å². The van der Waals surface area contributed by atoms with E-state index in [1.807, 2.05) is 60.4 Å². The minimum atomic E-state index is -0.975. The highest BCUT2D eigenvalue weighted by atomic mass is 32.1. The van der Waals surface area contributed by atoms with E-state index in [1.165, 1.54) is 0 Å². The van der Waals surface area contributed by atoms with Gasteiger partial charge < -0.3 is 19.7 Å². The Morgan fingerprint density at radius 2 is 1.96 bits per heavy atom. The average Bonchev–Trinajstić information content (AvgIpc) is 2.67. The van der Waals surface area contributed by atoms with Gasteiger partial charge in [-0.05, 0) is 49.5 Å². The minimum absolute atomic E-state index is 0.0306. The van der Waals surface area contributed by atoms with Crippen LogP contribution in [0.4, 0.5) is 5.69 Å². The Kier molecular flexibility index (Phi) is 4.42. The lowest BCUT2D eigenvalue weighted by molar-refractivity contribution is -0.144. The van der Waals surface area contributed by atoms with Crippen LogP contribution in [0.1, 0.15) is 18.5 Å². The minimum Gasteiger partial charge on any atom is -0.497 e. The van der Waals surface area contributed by atoms with Crippen molar-refractivity contribution in [1.82, 2.24) is 10.2 Å². The molecule has 2 bridgehead atoms. The van der Waals surface area contributed by atoms with Crippen LogP contribution in [0, 0.1) is 5.92 Å². The fraction of sp³-hybridized carbons (Fsp3) is 0.333.